The zero-order chi connectivity index (χ0) is 15.4. The average Bonchev–Trinajstić information content (AvgIpc) is 3.18. The smallest absolute Gasteiger partial charge is 0.226 e. The normalized spacial score (nSPS) is 15.1. The van der Waals surface area contributed by atoms with Gasteiger partial charge in [-0.3, -0.25) is 4.79 Å². The van der Waals surface area contributed by atoms with Gasteiger partial charge in [0.15, 0.2) is 0 Å². The van der Waals surface area contributed by atoms with Crippen LogP contribution < -0.4 is 5.32 Å². The van der Waals surface area contributed by atoms with E-state index in [1.54, 1.807) is 0 Å². The minimum Gasteiger partial charge on any atom is -0.441 e. The van der Waals surface area contributed by atoms with Crippen molar-refractivity contribution in [2.24, 2.45) is 5.92 Å². The van der Waals surface area contributed by atoms with Crippen LogP contribution >= 0.6 is 0 Å². The van der Waals surface area contributed by atoms with Gasteiger partial charge in [-0.1, -0.05) is 31.0 Å². The standard InChI is InChI=1S/C18H22N2O2/c1-13-16(11-12-19-17(21)14-7-5-6-8-14)20-18(22-13)15-9-3-2-4-10-15/h2-4,9-10,14H,5-8,11-12H2,1H3,(H,19,21). The lowest BCUT2D eigenvalue weighted by Gasteiger charge is -2.09. The topological polar surface area (TPSA) is 55.1 Å². The van der Waals surface area contributed by atoms with Crippen LogP contribution in [0.1, 0.15) is 37.1 Å². The van der Waals surface area contributed by atoms with E-state index in [0.29, 0.717) is 18.9 Å². The van der Waals surface area contributed by atoms with Gasteiger partial charge in [0.2, 0.25) is 11.8 Å². The van der Waals surface area contributed by atoms with Gasteiger partial charge in [-0.05, 0) is 31.9 Å². The van der Waals surface area contributed by atoms with Crippen molar-refractivity contribution < 1.29 is 9.21 Å². The molecule has 1 aromatic heterocycles. The number of carbonyl (C=O) groups excluding carboxylic acids is 1. The molecule has 22 heavy (non-hydrogen) atoms. The molecular weight excluding hydrogens is 276 g/mol. The third-order valence-corrected chi connectivity index (χ3v) is 4.30. The van der Waals surface area contributed by atoms with Crippen molar-refractivity contribution >= 4 is 5.91 Å². The highest BCUT2D eigenvalue weighted by atomic mass is 16.4. The maximum atomic E-state index is 12.0. The molecule has 0 saturated heterocycles. The second-order valence-corrected chi connectivity index (χ2v) is 5.91. The first-order valence-electron chi connectivity index (χ1n) is 8.03. The van der Waals surface area contributed by atoms with Gasteiger partial charge < -0.3 is 9.73 Å². The van der Waals surface area contributed by atoms with E-state index in [-0.39, 0.29) is 11.8 Å². The Morgan fingerprint density at radius 1 is 1.27 bits per heavy atom. The summed E-state index contributed by atoms with van der Waals surface area (Å²) in [5.74, 6) is 1.89. The molecule has 2 aromatic rings. The molecule has 1 saturated carbocycles. The number of carbonyl (C=O) groups is 1. The number of hydrogen-bond acceptors (Lipinski definition) is 3. The summed E-state index contributed by atoms with van der Waals surface area (Å²) >= 11 is 0. The van der Waals surface area contributed by atoms with Gasteiger partial charge in [0.05, 0.1) is 5.69 Å². The summed E-state index contributed by atoms with van der Waals surface area (Å²) in [4.78, 5) is 16.5. The van der Waals surface area contributed by atoms with Crippen molar-refractivity contribution in [3.05, 3.63) is 41.8 Å². The fraction of sp³-hybridized carbons (Fsp3) is 0.444. The molecule has 0 aliphatic heterocycles. The van der Waals surface area contributed by atoms with Gasteiger partial charge in [-0.15, -0.1) is 0 Å². The molecule has 1 heterocycles. The van der Waals surface area contributed by atoms with Crippen LogP contribution in [-0.4, -0.2) is 17.4 Å². The van der Waals surface area contributed by atoms with E-state index in [1.165, 1.54) is 12.8 Å². The Bertz CT molecular complexity index is 628. The van der Waals surface area contributed by atoms with Crippen LogP contribution in [0.2, 0.25) is 0 Å². The van der Waals surface area contributed by atoms with Crippen LogP contribution in [-0.2, 0) is 11.2 Å². The molecule has 1 N–H and O–H groups in total. The Hall–Kier alpha value is -2.10. The lowest BCUT2D eigenvalue weighted by molar-refractivity contribution is -0.124. The lowest BCUT2D eigenvalue weighted by atomic mass is 10.1. The van der Waals surface area contributed by atoms with Crippen molar-refractivity contribution in [3.63, 3.8) is 0 Å². The first kappa shape index (κ1) is 14.8. The van der Waals surface area contributed by atoms with Crippen molar-refractivity contribution in [2.45, 2.75) is 39.0 Å². The Labute approximate surface area is 130 Å². The van der Waals surface area contributed by atoms with Crippen LogP contribution in [0, 0.1) is 12.8 Å². The van der Waals surface area contributed by atoms with Crippen LogP contribution in [0.4, 0.5) is 0 Å². The fourth-order valence-electron chi connectivity index (χ4n) is 3.00. The predicted octanol–water partition coefficient (Wildman–Crippen LogP) is 3.50. The molecule has 3 rings (SSSR count). The largest absolute Gasteiger partial charge is 0.441 e. The molecule has 0 spiro atoms. The zero-order valence-electron chi connectivity index (χ0n) is 13.0. The third-order valence-electron chi connectivity index (χ3n) is 4.30. The molecule has 4 heteroatoms. The highest BCUT2D eigenvalue weighted by molar-refractivity contribution is 5.78. The third kappa shape index (κ3) is 3.38. The summed E-state index contributed by atoms with van der Waals surface area (Å²) in [6, 6.07) is 9.87. The Balaban J connectivity index is 1.57. The average molecular weight is 298 g/mol. The predicted molar refractivity (Wildman–Crippen MR) is 85.3 cm³/mol. The molecule has 0 bridgehead atoms. The second-order valence-electron chi connectivity index (χ2n) is 5.91. The van der Waals surface area contributed by atoms with Crippen LogP contribution in [0.3, 0.4) is 0 Å². The highest BCUT2D eigenvalue weighted by Crippen LogP contribution is 2.25. The molecule has 0 unspecified atom stereocenters. The molecule has 116 valence electrons. The van der Waals surface area contributed by atoms with Gasteiger partial charge in [0.25, 0.3) is 0 Å². The second kappa shape index (κ2) is 6.77. The van der Waals surface area contributed by atoms with E-state index in [1.807, 2.05) is 37.3 Å². The monoisotopic (exact) mass is 298 g/mol. The highest BCUT2D eigenvalue weighted by Gasteiger charge is 2.22. The molecule has 1 aliphatic carbocycles. The number of benzene rings is 1. The van der Waals surface area contributed by atoms with E-state index in [9.17, 15) is 4.79 Å². The summed E-state index contributed by atoms with van der Waals surface area (Å²) < 4.78 is 5.73. The van der Waals surface area contributed by atoms with E-state index in [0.717, 1.165) is 29.9 Å². The SMILES string of the molecule is Cc1oc(-c2ccccc2)nc1CCNC(=O)C1CCCC1. The molecule has 4 nitrogen and oxygen atoms in total. The number of amides is 1. The number of rotatable bonds is 5. The van der Waals surface area contributed by atoms with E-state index < -0.39 is 0 Å². The number of nitrogens with zero attached hydrogens (tertiary/aromatic N) is 1. The van der Waals surface area contributed by atoms with E-state index >= 15 is 0 Å². The van der Waals surface area contributed by atoms with Crippen molar-refractivity contribution in [2.75, 3.05) is 6.54 Å². The van der Waals surface area contributed by atoms with Gasteiger partial charge in [0, 0.05) is 24.4 Å². The molecule has 1 fully saturated rings. The fourth-order valence-corrected chi connectivity index (χ4v) is 3.00. The zero-order valence-corrected chi connectivity index (χ0v) is 13.0. The molecule has 0 radical (unpaired) electrons. The summed E-state index contributed by atoms with van der Waals surface area (Å²) in [5, 5.41) is 3.03. The summed E-state index contributed by atoms with van der Waals surface area (Å²) in [5.41, 5.74) is 1.90. The van der Waals surface area contributed by atoms with E-state index in [4.69, 9.17) is 4.42 Å². The first-order valence-corrected chi connectivity index (χ1v) is 8.03. The molecule has 1 aliphatic rings. The summed E-state index contributed by atoms with van der Waals surface area (Å²) in [6.45, 7) is 2.55. The lowest BCUT2D eigenvalue weighted by Crippen LogP contribution is -2.31. The Kier molecular flexibility index (Phi) is 4.56. The molecule has 0 atom stereocenters. The number of hydrogen-bond donors (Lipinski definition) is 1. The molecular formula is C18H22N2O2. The van der Waals surface area contributed by atoms with Crippen LogP contribution in [0.5, 0.6) is 0 Å². The minimum absolute atomic E-state index is 0.196. The van der Waals surface area contributed by atoms with Gasteiger partial charge >= 0.3 is 0 Å². The number of aryl methyl sites for hydroxylation is 1. The van der Waals surface area contributed by atoms with Crippen molar-refractivity contribution in [1.82, 2.24) is 10.3 Å². The maximum Gasteiger partial charge on any atom is 0.226 e. The summed E-state index contributed by atoms with van der Waals surface area (Å²) in [7, 11) is 0. The van der Waals surface area contributed by atoms with Crippen molar-refractivity contribution in [3.8, 4) is 11.5 Å². The van der Waals surface area contributed by atoms with Crippen LogP contribution in [0.15, 0.2) is 34.7 Å². The van der Waals surface area contributed by atoms with Crippen molar-refractivity contribution in [1.29, 1.82) is 0 Å². The number of oxazole rings is 1. The summed E-state index contributed by atoms with van der Waals surface area (Å²) in [6.07, 6.45) is 5.14. The molecule has 1 amide bonds. The number of aromatic nitrogens is 1. The van der Waals surface area contributed by atoms with E-state index in [2.05, 4.69) is 10.3 Å². The maximum absolute atomic E-state index is 12.0. The number of nitrogens with one attached hydrogen (secondary N) is 1. The first-order chi connectivity index (χ1) is 10.7. The van der Waals surface area contributed by atoms with Gasteiger partial charge in [-0.2, -0.15) is 0 Å². The van der Waals surface area contributed by atoms with Gasteiger partial charge in [-0.25, -0.2) is 4.98 Å². The minimum atomic E-state index is 0.196. The Morgan fingerprint density at radius 2 is 2.00 bits per heavy atom. The van der Waals surface area contributed by atoms with Gasteiger partial charge in [0.1, 0.15) is 5.76 Å². The van der Waals surface area contributed by atoms with Crippen LogP contribution in [0.25, 0.3) is 11.5 Å². The Morgan fingerprint density at radius 3 is 2.73 bits per heavy atom. The molecule has 1 aromatic carbocycles. The quantitative estimate of drug-likeness (QED) is 0.919.